The van der Waals surface area contributed by atoms with Crippen LogP contribution in [0.1, 0.15) is 51.6 Å². The van der Waals surface area contributed by atoms with Crippen LogP contribution in [0.5, 0.6) is 0 Å². The maximum Gasteiger partial charge on any atom is 0.0305 e. The van der Waals surface area contributed by atoms with Crippen molar-refractivity contribution in [1.82, 2.24) is 10.2 Å². The number of nitrogens with one attached hydrogen (secondary N) is 1. The molecule has 1 aromatic carbocycles. The smallest absolute Gasteiger partial charge is 0.0305 e. The lowest BCUT2D eigenvalue weighted by Crippen LogP contribution is -2.42. The molecular weight excluding hydrogens is 324 g/mol. The van der Waals surface area contributed by atoms with Gasteiger partial charge in [-0.1, -0.05) is 41.1 Å². The topological polar surface area (TPSA) is 15.3 Å². The van der Waals surface area contributed by atoms with E-state index >= 15 is 0 Å². The van der Waals surface area contributed by atoms with Gasteiger partial charge in [0.2, 0.25) is 0 Å². The van der Waals surface area contributed by atoms with Crippen LogP contribution in [-0.2, 0) is 0 Å². The van der Waals surface area contributed by atoms with Gasteiger partial charge in [0.15, 0.2) is 0 Å². The molecule has 0 aromatic heterocycles. The molecule has 2 nitrogen and oxygen atoms in total. The lowest BCUT2D eigenvalue weighted by molar-refractivity contribution is 0.159. The first-order valence-electron chi connectivity index (χ1n) is 8.34. The van der Waals surface area contributed by atoms with Crippen molar-refractivity contribution in [1.29, 1.82) is 0 Å². The van der Waals surface area contributed by atoms with Crippen molar-refractivity contribution in [2.75, 3.05) is 19.6 Å². The third-order valence-corrected chi connectivity index (χ3v) is 5.49. The van der Waals surface area contributed by atoms with Crippen LogP contribution in [0.2, 0.25) is 0 Å². The molecular formula is C18H29BrN2. The summed E-state index contributed by atoms with van der Waals surface area (Å²) in [6.07, 6.45) is 3.94. The fourth-order valence-electron chi connectivity index (χ4n) is 3.44. The summed E-state index contributed by atoms with van der Waals surface area (Å²) in [7, 11) is 0. The standard InChI is InChI=1S/C18H29BrN2/c1-4-11-21-12-9-16(10-13-21)14(2)20-15(3)17-7-5-6-8-18(17)19/h5-8,14-16,20H,4,9-13H2,1-3H3/t14?,15-/m0/s1. The zero-order chi connectivity index (χ0) is 15.2. The highest BCUT2D eigenvalue weighted by Crippen LogP contribution is 2.26. The van der Waals surface area contributed by atoms with Gasteiger partial charge in [0.25, 0.3) is 0 Å². The first-order chi connectivity index (χ1) is 10.1. The minimum Gasteiger partial charge on any atom is -0.307 e. The first kappa shape index (κ1) is 17.0. The van der Waals surface area contributed by atoms with E-state index in [1.54, 1.807) is 0 Å². The Hall–Kier alpha value is -0.380. The number of likely N-dealkylation sites (tertiary alicyclic amines) is 1. The zero-order valence-electron chi connectivity index (χ0n) is 13.6. The third-order valence-electron chi connectivity index (χ3n) is 4.76. The van der Waals surface area contributed by atoms with Gasteiger partial charge in [-0.15, -0.1) is 0 Å². The Morgan fingerprint density at radius 3 is 2.52 bits per heavy atom. The number of hydrogen-bond donors (Lipinski definition) is 1. The van der Waals surface area contributed by atoms with Crippen LogP contribution in [0.4, 0.5) is 0 Å². The van der Waals surface area contributed by atoms with E-state index in [1.807, 2.05) is 0 Å². The van der Waals surface area contributed by atoms with Crippen LogP contribution in [0, 0.1) is 5.92 Å². The number of piperidine rings is 1. The lowest BCUT2D eigenvalue weighted by atomic mass is 9.89. The van der Waals surface area contributed by atoms with Crippen molar-refractivity contribution in [3.8, 4) is 0 Å². The van der Waals surface area contributed by atoms with Crippen molar-refractivity contribution in [2.24, 2.45) is 5.92 Å². The largest absolute Gasteiger partial charge is 0.307 e. The highest BCUT2D eigenvalue weighted by molar-refractivity contribution is 9.10. The van der Waals surface area contributed by atoms with Crippen molar-refractivity contribution < 1.29 is 0 Å². The van der Waals surface area contributed by atoms with Crippen LogP contribution < -0.4 is 5.32 Å². The highest BCUT2D eigenvalue weighted by atomic mass is 79.9. The first-order valence-corrected chi connectivity index (χ1v) is 9.14. The molecule has 1 N–H and O–H groups in total. The zero-order valence-corrected chi connectivity index (χ0v) is 15.2. The lowest BCUT2D eigenvalue weighted by Gasteiger charge is -2.36. The minimum absolute atomic E-state index is 0.393. The molecule has 3 heteroatoms. The Labute approximate surface area is 138 Å². The fraction of sp³-hybridized carbons (Fsp3) is 0.667. The van der Waals surface area contributed by atoms with Crippen molar-refractivity contribution in [3.63, 3.8) is 0 Å². The van der Waals surface area contributed by atoms with Crippen molar-refractivity contribution in [2.45, 2.75) is 52.1 Å². The summed E-state index contributed by atoms with van der Waals surface area (Å²) < 4.78 is 1.20. The Morgan fingerprint density at radius 1 is 1.24 bits per heavy atom. The van der Waals surface area contributed by atoms with E-state index in [2.05, 4.69) is 71.2 Å². The SMILES string of the molecule is CCCN1CCC(C(C)N[C@@H](C)c2ccccc2Br)CC1. The van der Waals surface area contributed by atoms with Crippen LogP contribution in [-0.4, -0.2) is 30.6 Å². The summed E-state index contributed by atoms with van der Waals surface area (Å²) in [6, 6.07) is 9.50. The molecule has 2 atom stereocenters. The van der Waals surface area contributed by atoms with Gasteiger partial charge in [0, 0.05) is 16.6 Å². The summed E-state index contributed by atoms with van der Waals surface area (Å²) in [5, 5.41) is 3.80. The second-order valence-electron chi connectivity index (χ2n) is 6.38. The monoisotopic (exact) mass is 352 g/mol. The Balaban J connectivity index is 1.84. The van der Waals surface area contributed by atoms with E-state index in [4.69, 9.17) is 0 Å². The number of nitrogens with zero attached hydrogens (tertiary/aromatic N) is 1. The maximum absolute atomic E-state index is 3.80. The molecule has 0 amide bonds. The minimum atomic E-state index is 0.393. The maximum atomic E-state index is 3.80. The molecule has 1 fully saturated rings. The molecule has 0 spiro atoms. The number of rotatable bonds is 6. The normalized spacial score (nSPS) is 20.4. The van der Waals surface area contributed by atoms with Gasteiger partial charge >= 0.3 is 0 Å². The fourth-order valence-corrected chi connectivity index (χ4v) is 4.07. The average Bonchev–Trinajstić information content (AvgIpc) is 2.48. The van der Waals surface area contributed by atoms with Gasteiger partial charge in [-0.25, -0.2) is 0 Å². The predicted octanol–water partition coefficient (Wildman–Crippen LogP) is 4.61. The van der Waals surface area contributed by atoms with Crippen LogP contribution in [0.3, 0.4) is 0 Å². The molecule has 21 heavy (non-hydrogen) atoms. The summed E-state index contributed by atoms with van der Waals surface area (Å²) in [6.45, 7) is 10.7. The van der Waals surface area contributed by atoms with E-state index in [9.17, 15) is 0 Å². The summed E-state index contributed by atoms with van der Waals surface area (Å²) >= 11 is 3.66. The second-order valence-corrected chi connectivity index (χ2v) is 7.23. The molecule has 0 saturated carbocycles. The van der Waals surface area contributed by atoms with E-state index in [0.717, 1.165) is 5.92 Å². The average molecular weight is 353 g/mol. The summed E-state index contributed by atoms with van der Waals surface area (Å²) in [5.41, 5.74) is 1.35. The van der Waals surface area contributed by atoms with Gasteiger partial charge in [0.05, 0.1) is 0 Å². The molecule has 1 unspecified atom stereocenters. The Bertz CT molecular complexity index is 427. The van der Waals surface area contributed by atoms with Crippen LogP contribution in [0.25, 0.3) is 0 Å². The van der Waals surface area contributed by atoms with Gasteiger partial charge in [-0.2, -0.15) is 0 Å². The van der Waals surface area contributed by atoms with Crippen molar-refractivity contribution in [3.05, 3.63) is 34.3 Å². The predicted molar refractivity (Wildman–Crippen MR) is 94.6 cm³/mol. The number of halogens is 1. The molecule has 1 aromatic rings. The van der Waals surface area contributed by atoms with E-state index in [-0.39, 0.29) is 0 Å². The van der Waals surface area contributed by atoms with Crippen molar-refractivity contribution >= 4 is 15.9 Å². The summed E-state index contributed by atoms with van der Waals surface area (Å²) in [5.74, 6) is 0.808. The molecule has 0 radical (unpaired) electrons. The highest BCUT2D eigenvalue weighted by Gasteiger charge is 2.24. The quantitative estimate of drug-likeness (QED) is 0.803. The Kier molecular flexibility index (Phi) is 6.72. The molecule has 118 valence electrons. The Morgan fingerprint density at radius 2 is 1.90 bits per heavy atom. The number of hydrogen-bond acceptors (Lipinski definition) is 2. The molecule has 1 aliphatic heterocycles. The molecule has 0 bridgehead atoms. The van der Waals surface area contributed by atoms with E-state index < -0.39 is 0 Å². The number of benzene rings is 1. The van der Waals surface area contributed by atoms with E-state index in [1.165, 1.54) is 48.9 Å². The van der Waals surface area contributed by atoms with Gasteiger partial charge in [-0.3, -0.25) is 0 Å². The van der Waals surface area contributed by atoms with Crippen LogP contribution >= 0.6 is 15.9 Å². The molecule has 0 aliphatic carbocycles. The molecule has 2 rings (SSSR count). The molecule has 1 heterocycles. The third kappa shape index (κ3) is 4.80. The van der Waals surface area contributed by atoms with Crippen LogP contribution in [0.15, 0.2) is 28.7 Å². The van der Waals surface area contributed by atoms with Gasteiger partial charge in [-0.05, 0) is 70.3 Å². The molecule has 1 aliphatic rings. The molecule has 1 saturated heterocycles. The second kappa shape index (κ2) is 8.30. The van der Waals surface area contributed by atoms with E-state index in [0.29, 0.717) is 12.1 Å². The van der Waals surface area contributed by atoms with Gasteiger partial charge < -0.3 is 10.2 Å². The van der Waals surface area contributed by atoms with Gasteiger partial charge in [0.1, 0.15) is 0 Å². The summed E-state index contributed by atoms with van der Waals surface area (Å²) in [4.78, 5) is 2.61.